The van der Waals surface area contributed by atoms with Gasteiger partial charge in [0.1, 0.15) is 5.56 Å². The standard InChI is InChI=1S/C22H29N3O3/c1-4-19-12-8-9-13-24(19)20(26)15-28-22(27)21-16(2)23-25(17(21)3)14-18-10-6-5-7-11-18/h5-7,10-11,19H,4,8-9,12-15H2,1-3H3/t19-/m0/s1. The molecule has 1 aliphatic heterocycles. The van der Waals surface area contributed by atoms with Gasteiger partial charge in [0.25, 0.3) is 5.91 Å². The number of aromatic nitrogens is 2. The second-order valence-electron chi connectivity index (χ2n) is 7.41. The minimum atomic E-state index is -0.479. The number of carbonyl (C=O) groups is 2. The maximum Gasteiger partial charge on any atom is 0.342 e. The normalized spacial score (nSPS) is 16.8. The number of ether oxygens (including phenoxy) is 1. The summed E-state index contributed by atoms with van der Waals surface area (Å²) in [4.78, 5) is 27.1. The number of aryl methyl sites for hydroxylation is 1. The first-order valence-electron chi connectivity index (χ1n) is 10.1. The van der Waals surface area contributed by atoms with Gasteiger partial charge >= 0.3 is 5.97 Å². The first kappa shape index (κ1) is 20.1. The third-order valence-corrected chi connectivity index (χ3v) is 5.51. The zero-order valence-corrected chi connectivity index (χ0v) is 17.0. The quantitative estimate of drug-likeness (QED) is 0.716. The molecule has 2 heterocycles. The van der Waals surface area contributed by atoms with E-state index in [2.05, 4.69) is 12.0 Å². The molecule has 0 N–H and O–H groups in total. The van der Waals surface area contributed by atoms with Crippen LogP contribution in [0.25, 0.3) is 0 Å². The van der Waals surface area contributed by atoms with Gasteiger partial charge in [-0.15, -0.1) is 0 Å². The van der Waals surface area contributed by atoms with Crippen LogP contribution in [0.1, 0.15) is 59.9 Å². The Hall–Kier alpha value is -2.63. The molecule has 0 unspecified atom stereocenters. The van der Waals surface area contributed by atoms with E-state index >= 15 is 0 Å². The van der Waals surface area contributed by atoms with E-state index in [1.165, 1.54) is 0 Å². The Morgan fingerprint density at radius 2 is 1.93 bits per heavy atom. The highest BCUT2D eigenvalue weighted by Crippen LogP contribution is 2.20. The molecule has 28 heavy (non-hydrogen) atoms. The Bertz CT molecular complexity index is 829. The SMILES string of the molecule is CC[C@H]1CCCCN1C(=O)COC(=O)c1c(C)nn(Cc2ccccc2)c1C. The Morgan fingerprint density at radius 1 is 1.18 bits per heavy atom. The predicted molar refractivity (Wildman–Crippen MR) is 107 cm³/mol. The van der Waals surface area contributed by atoms with Gasteiger partial charge in [0.2, 0.25) is 0 Å². The average Bonchev–Trinajstić information content (AvgIpc) is 2.99. The third kappa shape index (κ3) is 4.43. The first-order valence-corrected chi connectivity index (χ1v) is 10.1. The third-order valence-electron chi connectivity index (χ3n) is 5.51. The molecule has 6 heteroatoms. The summed E-state index contributed by atoms with van der Waals surface area (Å²) in [6.45, 7) is 6.88. The van der Waals surface area contributed by atoms with Crippen molar-refractivity contribution in [1.29, 1.82) is 0 Å². The van der Waals surface area contributed by atoms with Crippen molar-refractivity contribution in [3.8, 4) is 0 Å². The summed E-state index contributed by atoms with van der Waals surface area (Å²) in [6.07, 6.45) is 4.13. The molecule has 1 saturated heterocycles. The molecular weight excluding hydrogens is 354 g/mol. The van der Waals surface area contributed by atoms with Crippen LogP contribution in [0.15, 0.2) is 30.3 Å². The van der Waals surface area contributed by atoms with Crippen molar-refractivity contribution in [1.82, 2.24) is 14.7 Å². The van der Waals surface area contributed by atoms with Gasteiger partial charge in [-0.2, -0.15) is 5.10 Å². The number of nitrogens with zero attached hydrogens (tertiary/aromatic N) is 3. The largest absolute Gasteiger partial charge is 0.452 e. The van der Waals surface area contributed by atoms with Crippen LogP contribution in [0.2, 0.25) is 0 Å². The maximum absolute atomic E-state index is 12.6. The van der Waals surface area contributed by atoms with Crippen molar-refractivity contribution in [3.05, 3.63) is 52.8 Å². The summed E-state index contributed by atoms with van der Waals surface area (Å²) in [7, 11) is 0. The number of hydrogen-bond acceptors (Lipinski definition) is 4. The molecule has 3 rings (SSSR count). The molecule has 0 radical (unpaired) electrons. The summed E-state index contributed by atoms with van der Waals surface area (Å²) in [5.74, 6) is -0.584. The highest BCUT2D eigenvalue weighted by atomic mass is 16.5. The van der Waals surface area contributed by atoms with E-state index in [0.717, 1.165) is 43.5 Å². The molecule has 2 aromatic rings. The molecule has 1 aromatic heterocycles. The summed E-state index contributed by atoms with van der Waals surface area (Å²) in [5.41, 5.74) is 2.94. The predicted octanol–water partition coefficient (Wildman–Crippen LogP) is 3.50. The fourth-order valence-corrected chi connectivity index (χ4v) is 3.94. The molecule has 1 aromatic carbocycles. The molecule has 0 spiro atoms. The van der Waals surface area contributed by atoms with Crippen molar-refractivity contribution in [2.75, 3.05) is 13.2 Å². The van der Waals surface area contributed by atoms with E-state index in [1.54, 1.807) is 11.6 Å². The molecule has 1 fully saturated rings. The van der Waals surface area contributed by atoms with E-state index < -0.39 is 5.97 Å². The monoisotopic (exact) mass is 383 g/mol. The van der Waals surface area contributed by atoms with Gasteiger partial charge < -0.3 is 9.64 Å². The summed E-state index contributed by atoms with van der Waals surface area (Å²) < 4.78 is 7.18. The minimum Gasteiger partial charge on any atom is -0.452 e. The maximum atomic E-state index is 12.6. The lowest BCUT2D eigenvalue weighted by Gasteiger charge is -2.35. The lowest BCUT2D eigenvalue weighted by Crippen LogP contribution is -2.45. The van der Waals surface area contributed by atoms with E-state index in [1.807, 2.05) is 42.2 Å². The van der Waals surface area contributed by atoms with Gasteiger partial charge in [-0.1, -0.05) is 37.3 Å². The lowest BCUT2D eigenvalue weighted by atomic mass is 10.00. The molecule has 1 atom stereocenters. The van der Waals surface area contributed by atoms with Crippen molar-refractivity contribution in [2.45, 2.75) is 59.0 Å². The number of esters is 1. The van der Waals surface area contributed by atoms with Crippen molar-refractivity contribution in [3.63, 3.8) is 0 Å². The number of carbonyl (C=O) groups excluding carboxylic acids is 2. The van der Waals surface area contributed by atoms with Gasteiger partial charge in [0, 0.05) is 12.6 Å². The molecule has 0 saturated carbocycles. The molecular formula is C22H29N3O3. The number of rotatable bonds is 6. The van der Waals surface area contributed by atoms with Gasteiger partial charge in [-0.3, -0.25) is 9.48 Å². The van der Waals surface area contributed by atoms with Crippen molar-refractivity contribution < 1.29 is 14.3 Å². The van der Waals surface area contributed by atoms with Crippen LogP contribution in [-0.4, -0.2) is 45.8 Å². The second kappa shape index (κ2) is 9.04. The molecule has 6 nitrogen and oxygen atoms in total. The van der Waals surface area contributed by atoms with Gasteiger partial charge in [-0.05, 0) is 45.1 Å². The van der Waals surface area contributed by atoms with Crippen molar-refractivity contribution in [2.24, 2.45) is 0 Å². The Kier molecular flexibility index (Phi) is 6.49. The fraction of sp³-hybridized carbons (Fsp3) is 0.500. The van der Waals surface area contributed by atoms with E-state index in [-0.39, 0.29) is 18.6 Å². The van der Waals surface area contributed by atoms with Gasteiger partial charge in [0.15, 0.2) is 6.61 Å². The summed E-state index contributed by atoms with van der Waals surface area (Å²) in [6, 6.07) is 10.2. The highest BCUT2D eigenvalue weighted by molar-refractivity contribution is 5.93. The van der Waals surface area contributed by atoms with Gasteiger partial charge in [-0.25, -0.2) is 4.79 Å². The molecule has 150 valence electrons. The Morgan fingerprint density at radius 3 is 2.64 bits per heavy atom. The zero-order valence-electron chi connectivity index (χ0n) is 17.0. The minimum absolute atomic E-state index is 0.105. The molecule has 0 bridgehead atoms. The molecule has 1 aliphatic rings. The van der Waals surface area contributed by atoms with E-state index in [9.17, 15) is 9.59 Å². The van der Waals surface area contributed by atoms with Crippen LogP contribution in [-0.2, 0) is 16.1 Å². The van der Waals surface area contributed by atoms with Crippen LogP contribution < -0.4 is 0 Å². The van der Waals surface area contributed by atoms with Crippen LogP contribution in [0.3, 0.4) is 0 Å². The topological polar surface area (TPSA) is 64.4 Å². The van der Waals surface area contributed by atoms with Crippen LogP contribution in [0.4, 0.5) is 0 Å². The summed E-state index contributed by atoms with van der Waals surface area (Å²) in [5, 5.41) is 4.49. The number of hydrogen-bond donors (Lipinski definition) is 0. The second-order valence-corrected chi connectivity index (χ2v) is 7.41. The number of amides is 1. The zero-order chi connectivity index (χ0) is 20.1. The van der Waals surface area contributed by atoms with E-state index in [0.29, 0.717) is 17.8 Å². The smallest absolute Gasteiger partial charge is 0.342 e. The number of benzene rings is 1. The average molecular weight is 383 g/mol. The molecule has 0 aliphatic carbocycles. The van der Waals surface area contributed by atoms with Gasteiger partial charge in [0.05, 0.1) is 17.9 Å². The fourth-order valence-electron chi connectivity index (χ4n) is 3.94. The Labute approximate surface area is 166 Å². The number of likely N-dealkylation sites (tertiary alicyclic amines) is 1. The van der Waals surface area contributed by atoms with Crippen LogP contribution >= 0.6 is 0 Å². The van der Waals surface area contributed by atoms with Crippen LogP contribution in [0, 0.1) is 13.8 Å². The first-order chi connectivity index (χ1) is 13.5. The van der Waals surface area contributed by atoms with Crippen LogP contribution in [0.5, 0.6) is 0 Å². The lowest BCUT2D eigenvalue weighted by molar-refractivity contribution is -0.138. The molecule has 1 amide bonds. The van der Waals surface area contributed by atoms with Crippen molar-refractivity contribution >= 4 is 11.9 Å². The highest BCUT2D eigenvalue weighted by Gasteiger charge is 2.27. The number of piperidine rings is 1. The Balaban J connectivity index is 1.65. The van der Waals surface area contributed by atoms with E-state index in [4.69, 9.17) is 4.74 Å². The summed E-state index contributed by atoms with van der Waals surface area (Å²) >= 11 is 0.